The lowest BCUT2D eigenvalue weighted by Crippen LogP contribution is -2.41. The van der Waals surface area contributed by atoms with E-state index in [4.69, 9.17) is 4.98 Å². The minimum atomic E-state index is 0.268. The number of hydrogen-bond donors (Lipinski definition) is 1. The molecule has 1 unspecified atom stereocenters. The minimum absolute atomic E-state index is 0.268. The summed E-state index contributed by atoms with van der Waals surface area (Å²) < 4.78 is 0. The molecule has 3 heteroatoms. The second-order valence-electron chi connectivity index (χ2n) is 5.51. The molecule has 1 aromatic heterocycles. The smallest absolute Gasteiger partial charge is 0.0587 e. The molecule has 100 valence electrons. The monoisotopic (exact) mass is 248 g/mol. The highest BCUT2D eigenvalue weighted by Crippen LogP contribution is 2.19. The molecule has 0 saturated carbocycles. The standard InChI is InChI=1S/C15H24N2O/c1-12(2)15-8-5-6-13(16-15)10-17-9-4-3-7-14(17)11-18/h5-6,8,12,14,18H,3-4,7,9-11H2,1-2H3. The molecular weight excluding hydrogens is 224 g/mol. The maximum atomic E-state index is 9.42. The van der Waals surface area contributed by atoms with Crippen molar-refractivity contribution in [1.82, 2.24) is 9.88 Å². The van der Waals surface area contributed by atoms with E-state index in [1.165, 1.54) is 12.8 Å². The number of aromatic nitrogens is 1. The van der Waals surface area contributed by atoms with Crippen LogP contribution in [-0.4, -0.2) is 34.2 Å². The van der Waals surface area contributed by atoms with E-state index in [0.717, 1.165) is 30.9 Å². The molecule has 1 N–H and O–H groups in total. The van der Waals surface area contributed by atoms with Crippen LogP contribution in [0.3, 0.4) is 0 Å². The van der Waals surface area contributed by atoms with Gasteiger partial charge in [-0.25, -0.2) is 0 Å². The van der Waals surface area contributed by atoms with Crippen LogP contribution >= 0.6 is 0 Å². The van der Waals surface area contributed by atoms with Crippen LogP contribution in [-0.2, 0) is 6.54 Å². The molecule has 1 saturated heterocycles. The van der Waals surface area contributed by atoms with Crippen molar-refractivity contribution in [3.8, 4) is 0 Å². The first kappa shape index (κ1) is 13.5. The Kier molecular flexibility index (Phi) is 4.72. The number of piperidine rings is 1. The first-order valence-electron chi connectivity index (χ1n) is 7.01. The fraction of sp³-hybridized carbons (Fsp3) is 0.667. The Morgan fingerprint density at radius 1 is 1.39 bits per heavy atom. The lowest BCUT2D eigenvalue weighted by Gasteiger charge is -2.34. The maximum absolute atomic E-state index is 9.42. The van der Waals surface area contributed by atoms with Gasteiger partial charge in [-0.15, -0.1) is 0 Å². The van der Waals surface area contributed by atoms with Gasteiger partial charge in [-0.3, -0.25) is 9.88 Å². The number of aliphatic hydroxyl groups is 1. The molecule has 0 aliphatic carbocycles. The summed E-state index contributed by atoms with van der Waals surface area (Å²) >= 11 is 0. The SMILES string of the molecule is CC(C)c1cccc(CN2CCCCC2CO)n1. The summed E-state index contributed by atoms with van der Waals surface area (Å²) in [5.74, 6) is 0.472. The summed E-state index contributed by atoms with van der Waals surface area (Å²) in [5.41, 5.74) is 2.28. The maximum Gasteiger partial charge on any atom is 0.0587 e. The summed E-state index contributed by atoms with van der Waals surface area (Å²) in [5, 5.41) is 9.42. The summed E-state index contributed by atoms with van der Waals surface area (Å²) in [7, 11) is 0. The van der Waals surface area contributed by atoms with Crippen molar-refractivity contribution in [2.24, 2.45) is 0 Å². The van der Waals surface area contributed by atoms with Crippen molar-refractivity contribution in [3.05, 3.63) is 29.6 Å². The van der Waals surface area contributed by atoms with Gasteiger partial charge in [0.1, 0.15) is 0 Å². The zero-order valence-corrected chi connectivity index (χ0v) is 11.5. The van der Waals surface area contributed by atoms with E-state index in [-0.39, 0.29) is 6.61 Å². The molecule has 0 spiro atoms. The third-order valence-corrected chi connectivity index (χ3v) is 3.74. The third kappa shape index (κ3) is 3.30. The lowest BCUT2D eigenvalue weighted by atomic mass is 10.0. The fourth-order valence-electron chi connectivity index (χ4n) is 2.59. The topological polar surface area (TPSA) is 36.4 Å². The molecule has 1 aromatic rings. The Morgan fingerprint density at radius 3 is 2.94 bits per heavy atom. The fourth-order valence-corrected chi connectivity index (χ4v) is 2.59. The van der Waals surface area contributed by atoms with Gasteiger partial charge in [-0.05, 0) is 37.4 Å². The molecule has 0 bridgehead atoms. The number of hydrogen-bond acceptors (Lipinski definition) is 3. The summed E-state index contributed by atoms with van der Waals surface area (Å²) in [6.45, 7) is 6.56. The summed E-state index contributed by atoms with van der Waals surface area (Å²) in [4.78, 5) is 7.08. The average Bonchev–Trinajstić information content (AvgIpc) is 2.39. The van der Waals surface area contributed by atoms with Gasteiger partial charge >= 0.3 is 0 Å². The van der Waals surface area contributed by atoms with E-state index in [9.17, 15) is 5.11 Å². The van der Waals surface area contributed by atoms with Crippen LogP contribution in [0.4, 0.5) is 0 Å². The Bertz CT molecular complexity index is 379. The minimum Gasteiger partial charge on any atom is -0.395 e. The Labute approximate surface area is 110 Å². The quantitative estimate of drug-likeness (QED) is 0.889. The first-order chi connectivity index (χ1) is 8.70. The lowest BCUT2D eigenvalue weighted by molar-refractivity contribution is 0.0830. The molecular formula is C15H24N2O. The van der Waals surface area contributed by atoms with Gasteiger partial charge in [0.25, 0.3) is 0 Å². The van der Waals surface area contributed by atoms with E-state index < -0.39 is 0 Å². The first-order valence-corrected chi connectivity index (χ1v) is 7.01. The third-order valence-electron chi connectivity index (χ3n) is 3.74. The zero-order chi connectivity index (χ0) is 13.0. The zero-order valence-electron chi connectivity index (χ0n) is 11.5. The largest absolute Gasteiger partial charge is 0.395 e. The van der Waals surface area contributed by atoms with Crippen LogP contribution in [0, 0.1) is 0 Å². The number of nitrogens with zero attached hydrogens (tertiary/aromatic N) is 2. The highest BCUT2D eigenvalue weighted by atomic mass is 16.3. The molecule has 1 aliphatic heterocycles. The molecule has 18 heavy (non-hydrogen) atoms. The van der Waals surface area contributed by atoms with Crippen LogP contribution in [0.2, 0.25) is 0 Å². The summed E-state index contributed by atoms with van der Waals surface area (Å²) in [6.07, 6.45) is 3.59. The molecule has 2 heterocycles. The number of aliphatic hydroxyl groups excluding tert-OH is 1. The van der Waals surface area contributed by atoms with Gasteiger partial charge in [0.05, 0.1) is 12.3 Å². The molecule has 3 nitrogen and oxygen atoms in total. The Hall–Kier alpha value is -0.930. The molecule has 2 rings (SSSR count). The van der Waals surface area contributed by atoms with Crippen LogP contribution in [0.15, 0.2) is 18.2 Å². The second kappa shape index (κ2) is 6.30. The number of rotatable bonds is 4. The number of likely N-dealkylation sites (tertiary alicyclic amines) is 1. The van der Waals surface area contributed by atoms with Gasteiger partial charge in [0.15, 0.2) is 0 Å². The van der Waals surface area contributed by atoms with Crippen molar-refractivity contribution < 1.29 is 5.11 Å². The second-order valence-corrected chi connectivity index (χ2v) is 5.51. The predicted molar refractivity (Wildman–Crippen MR) is 73.5 cm³/mol. The van der Waals surface area contributed by atoms with E-state index >= 15 is 0 Å². The average molecular weight is 248 g/mol. The molecule has 1 aliphatic rings. The highest BCUT2D eigenvalue weighted by molar-refractivity contribution is 5.14. The van der Waals surface area contributed by atoms with E-state index in [1.54, 1.807) is 0 Å². The van der Waals surface area contributed by atoms with Gasteiger partial charge in [0, 0.05) is 18.3 Å². The Morgan fingerprint density at radius 2 is 2.22 bits per heavy atom. The van der Waals surface area contributed by atoms with E-state index in [2.05, 4.69) is 36.9 Å². The van der Waals surface area contributed by atoms with E-state index in [1.807, 2.05) is 0 Å². The van der Waals surface area contributed by atoms with Crippen LogP contribution in [0.5, 0.6) is 0 Å². The molecule has 0 aromatic carbocycles. The molecule has 0 radical (unpaired) electrons. The predicted octanol–water partition coefficient (Wildman–Crippen LogP) is 2.55. The van der Waals surface area contributed by atoms with Crippen molar-refractivity contribution in [2.75, 3.05) is 13.2 Å². The molecule has 1 atom stereocenters. The highest BCUT2D eigenvalue weighted by Gasteiger charge is 2.21. The van der Waals surface area contributed by atoms with Crippen LogP contribution in [0.1, 0.15) is 50.4 Å². The molecule has 1 fully saturated rings. The van der Waals surface area contributed by atoms with Gasteiger partial charge in [-0.1, -0.05) is 26.3 Å². The van der Waals surface area contributed by atoms with Gasteiger partial charge in [-0.2, -0.15) is 0 Å². The summed E-state index contributed by atoms with van der Waals surface area (Å²) in [6, 6.07) is 6.60. The van der Waals surface area contributed by atoms with Gasteiger partial charge < -0.3 is 5.11 Å². The van der Waals surface area contributed by atoms with Crippen molar-refractivity contribution in [1.29, 1.82) is 0 Å². The van der Waals surface area contributed by atoms with Crippen LogP contribution in [0.25, 0.3) is 0 Å². The van der Waals surface area contributed by atoms with Crippen molar-refractivity contribution >= 4 is 0 Å². The van der Waals surface area contributed by atoms with Gasteiger partial charge in [0.2, 0.25) is 0 Å². The van der Waals surface area contributed by atoms with Crippen molar-refractivity contribution in [2.45, 2.75) is 51.6 Å². The number of pyridine rings is 1. The molecule has 0 amide bonds. The van der Waals surface area contributed by atoms with Crippen molar-refractivity contribution in [3.63, 3.8) is 0 Å². The Balaban J connectivity index is 2.05. The van der Waals surface area contributed by atoms with Crippen LogP contribution < -0.4 is 0 Å². The van der Waals surface area contributed by atoms with E-state index in [0.29, 0.717) is 12.0 Å². The normalized spacial score (nSPS) is 21.4.